The third-order valence-electron chi connectivity index (χ3n) is 5.97. The van der Waals surface area contributed by atoms with Crippen molar-refractivity contribution < 1.29 is 34.1 Å². The fraction of sp³-hybridized carbons (Fsp3) is 0.417. The molecule has 3 heterocycles. The van der Waals surface area contributed by atoms with Crippen LogP contribution in [-0.4, -0.2) is 90.0 Å². The van der Waals surface area contributed by atoms with Crippen molar-refractivity contribution in [3.8, 4) is 5.75 Å². The van der Waals surface area contributed by atoms with Gasteiger partial charge in [-0.25, -0.2) is 9.97 Å². The predicted molar refractivity (Wildman–Crippen MR) is 147 cm³/mol. The Labute approximate surface area is 238 Å². The number of aromatic nitrogens is 5. The number of nitrogen functional groups attached to an aromatic ring is 1. The molecular formula is C24H31N9O7S. The Kier molecular flexibility index (Phi) is 10.4. The summed E-state index contributed by atoms with van der Waals surface area (Å²) in [6.45, 7) is 3.45. The van der Waals surface area contributed by atoms with Crippen LogP contribution in [0, 0.1) is 13.8 Å². The number of fused-ring (bicyclic) bond motifs is 1. The van der Waals surface area contributed by atoms with E-state index in [0.717, 1.165) is 34.3 Å². The maximum absolute atomic E-state index is 12.7. The molecule has 2 atom stereocenters. The van der Waals surface area contributed by atoms with Gasteiger partial charge in [-0.15, -0.1) is 11.8 Å². The van der Waals surface area contributed by atoms with Crippen molar-refractivity contribution in [3.63, 3.8) is 0 Å². The number of nitrogens with zero attached hydrogens (tertiary/aromatic N) is 5. The van der Waals surface area contributed by atoms with Crippen molar-refractivity contribution >= 4 is 52.6 Å². The summed E-state index contributed by atoms with van der Waals surface area (Å²) in [5, 5.41) is 22.9. The fourth-order valence-electron chi connectivity index (χ4n) is 3.85. The van der Waals surface area contributed by atoms with Crippen LogP contribution in [0.25, 0.3) is 11.2 Å². The molecule has 0 radical (unpaired) electrons. The minimum Gasteiger partial charge on any atom is -0.496 e. The summed E-state index contributed by atoms with van der Waals surface area (Å²) >= 11 is 1.05. The van der Waals surface area contributed by atoms with E-state index in [4.69, 9.17) is 26.4 Å². The number of methoxy groups -OCH3 is 1. The quantitative estimate of drug-likeness (QED) is 0.102. The summed E-state index contributed by atoms with van der Waals surface area (Å²) in [5.41, 5.74) is 14.7. The average molecular weight is 590 g/mol. The van der Waals surface area contributed by atoms with Crippen molar-refractivity contribution in [3.05, 3.63) is 29.3 Å². The highest BCUT2D eigenvalue weighted by Crippen LogP contribution is 2.28. The molecule has 220 valence electrons. The summed E-state index contributed by atoms with van der Waals surface area (Å²) in [7, 11) is 1.59. The summed E-state index contributed by atoms with van der Waals surface area (Å²) in [6.07, 6.45) is 2.86. The molecule has 2 amide bonds. The molecule has 0 fully saturated rings. The Morgan fingerprint density at radius 3 is 2.56 bits per heavy atom. The van der Waals surface area contributed by atoms with Gasteiger partial charge in [0, 0.05) is 29.5 Å². The zero-order valence-electron chi connectivity index (χ0n) is 22.6. The number of hydrogen-bond acceptors (Lipinski definition) is 12. The molecule has 17 heteroatoms. The van der Waals surface area contributed by atoms with Crippen molar-refractivity contribution in [1.29, 1.82) is 0 Å². The number of amides is 2. The number of aliphatic carboxylic acids is 2. The SMILES string of the molecule is COc1c(C)cnc(Cn2cnc3c(SC[C@H](NC(=O)CC[C@H](N)C(=O)O)C(=O)NCC(=O)O)nc(N)nc32)c1C. The molecule has 0 aliphatic heterocycles. The molecule has 3 aromatic heterocycles. The first kappa shape index (κ1) is 31.0. The lowest BCUT2D eigenvalue weighted by atomic mass is 10.1. The molecule has 3 rings (SSSR count). The Morgan fingerprint density at radius 2 is 1.90 bits per heavy atom. The fourth-order valence-corrected chi connectivity index (χ4v) is 4.85. The lowest BCUT2D eigenvalue weighted by molar-refractivity contribution is -0.139. The Balaban J connectivity index is 1.82. The second kappa shape index (κ2) is 13.7. The average Bonchev–Trinajstić information content (AvgIpc) is 3.32. The number of rotatable bonds is 14. The van der Waals surface area contributed by atoms with Gasteiger partial charge in [0.2, 0.25) is 17.8 Å². The summed E-state index contributed by atoms with van der Waals surface area (Å²) in [6, 6.07) is -2.44. The van der Waals surface area contributed by atoms with E-state index < -0.39 is 42.4 Å². The van der Waals surface area contributed by atoms with Crippen LogP contribution in [0.1, 0.15) is 29.7 Å². The van der Waals surface area contributed by atoms with Crippen LogP contribution >= 0.6 is 11.8 Å². The monoisotopic (exact) mass is 589 g/mol. The number of anilines is 1. The Hall–Kier alpha value is -4.51. The number of nitrogens with one attached hydrogen (secondary N) is 2. The van der Waals surface area contributed by atoms with E-state index in [-0.39, 0.29) is 24.5 Å². The number of thioether (sulfide) groups is 1. The second-order valence-corrected chi connectivity index (χ2v) is 10.0. The summed E-state index contributed by atoms with van der Waals surface area (Å²) < 4.78 is 7.23. The minimum atomic E-state index is -1.27. The molecule has 8 N–H and O–H groups in total. The molecule has 3 aromatic rings. The minimum absolute atomic E-state index is 0.0495. The molecule has 0 saturated carbocycles. The first-order chi connectivity index (χ1) is 19.4. The van der Waals surface area contributed by atoms with Crippen molar-refractivity contribution in [2.24, 2.45) is 5.73 Å². The highest BCUT2D eigenvalue weighted by Gasteiger charge is 2.24. The van der Waals surface area contributed by atoms with E-state index >= 15 is 0 Å². The van der Waals surface area contributed by atoms with E-state index in [9.17, 15) is 19.2 Å². The van der Waals surface area contributed by atoms with Gasteiger partial charge >= 0.3 is 11.9 Å². The number of imidazole rings is 1. The van der Waals surface area contributed by atoms with E-state index in [1.54, 1.807) is 24.2 Å². The lowest BCUT2D eigenvalue weighted by Gasteiger charge is -2.18. The van der Waals surface area contributed by atoms with Crippen molar-refractivity contribution in [1.82, 2.24) is 35.1 Å². The molecular weight excluding hydrogens is 558 g/mol. The third-order valence-corrected chi connectivity index (χ3v) is 7.03. The smallest absolute Gasteiger partial charge is 0.322 e. The number of ether oxygens (including phenoxy) is 1. The molecule has 0 saturated heterocycles. The molecule has 41 heavy (non-hydrogen) atoms. The number of hydrogen-bond donors (Lipinski definition) is 6. The molecule has 0 aromatic carbocycles. The second-order valence-electron chi connectivity index (χ2n) is 9.00. The van der Waals surface area contributed by atoms with E-state index in [0.29, 0.717) is 22.7 Å². The van der Waals surface area contributed by atoms with Crippen LogP contribution in [0.2, 0.25) is 0 Å². The topological polar surface area (TPSA) is 251 Å². The van der Waals surface area contributed by atoms with Crippen LogP contribution < -0.4 is 26.8 Å². The van der Waals surface area contributed by atoms with Crippen LogP contribution in [0.3, 0.4) is 0 Å². The van der Waals surface area contributed by atoms with Crippen LogP contribution in [-0.2, 0) is 25.7 Å². The van der Waals surface area contributed by atoms with Crippen molar-refractivity contribution in [2.45, 2.75) is 50.3 Å². The highest BCUT2D eigenvalue weighted by molar-refractivity contribution is 7.99. The first-order valence-electron chi connectivity index (χ1n) is 12.3. The number of carboxylic acid groups (broad SMARTS) is 2. The van der Waals surface area contributed by atoms with Gasteiger partial charge in [-0.2, -0.15) is 4.98 Å². The number of carbonyl (C=O) groups excluding carboxylic acids is 2. The first-order valence-corrected chi connectivity index (χ1v) is 13.3. The van der Waals surface area contributed by atoms with Gasteiger partial charge in [-0.05, 0) is 20.3 Å². The van der Waals surface area contributed by atoms with Crippen LogP contribution in [0.15, 0.2) is 17.6 Å². The van der Waals surface area contributed by atoms with Gasteiger partial charge in [0.1, 0.15) is 34.9 Å². The molecule has 16 nitrogen and oxygen atoms in total. The molecule has 0 bridgehead atoms. The predicted octanol–water partition coefficient (Wildman–Crippen LogP) is -0.553. The number of carboxylic acids is 2. The van der Waals surface area contributed by atoms with E-state index in [1.165, 1.54) is 0 Å². The molecule has 0 spiro atoms. The van der Waals surface area contributed by atoms with Crippen LogP contribution in [0.5, 0.6) is 5.75 Å². The molecule has 0 aliphatic carbocycles. The van der Waals surface area contributed by atoms with Gasteiger partial charge in [0.05, 0.1) is 25.7 Å². The van der Waals surface area contributed by atoms with E-state index in [2.05, 4.69) is 30.6 Å². The highest BCUT2D eigenvalue weighted by atomic mass is 32.2. The van der Waals surface area contributed by atoms with Gasteiger partial charge in [-0.3, -0.25) is 24.2 Å². The number of nitrogens with two attached hydrogens (primary N) is 2. The zero-order valence-corrected chi connectivity index (χ0v) is 23.4. The molecule has 0 aliphatic rings. The third kappa shape index (κ3) is 8.01. The largest absolute Gasteiger partial charge is 0.496 e. The number of carbonyl (C=O) groups is 4. The molecule has 0 unspecified atom stereocenters. The Morgan fingerprint density at radius 1 is 1.17 bits per heavy atom. The summed E-state index contributed by atoms with van der Waals surface area (Å²) in [4.78, 5) is 64.5. The van der Waals surface area contributed by atoms with Gasteiger partial charge in [0.15, 0.2) is 5.65 Å². The van der Waals surface area contributed by atoms with Gasteiger partial charge in [-0.1, -0.05) is 0 Å². The maximum atomic E-state index is 12.7. The van der Waals surface area contributed by atoms with Crippen molar-refractivity contribution in [2.75, 3.05) is 25.1 Å². The Bertz CT molecular complexity index is 1460. The van der Waals surface area contributed by atoms with Crippen LogP contribution in [0.4, 0.5) is 5.95 Å². The maximum Gasteiger partial charge on any atom is 0.322 e. The normalized spacial score (nSPS) is 12.5. The summed E-state index contributed by atoms with van der Waals surface area (Å²) in [5.74, 6) is -3.32. The van der Waals surface area contributed by atoms with Gasteiger partial charge in [0.25, 0.3) is 0 Å². The lowest BCUT2D eigenvalue weighted by Crippen LogP contribution is -2.49. The number of pyridine rings is 1. The zero-order chi connectivity index (χ0) is 30.3. The standard InChI is InChI=1S/C24H31N9O7S/c1-11-6-27-14(12(2)19(11)40-3)8-33-10-29-18-20(33)31-24(26)32-22(18)41-9-15(21(37)28-7-17(35)36)30-16(34)5-4-13(25)23(38)39/h6,10,13,15H,4-5,7-9,25H2,1-3H3,(H,28,37)(H,30,34)(H,35,36)(H,38,39)(H2,26,31,32)/t13-,15-/m0/s1. The van der Waals surface area contributed by atoms with Gasteiger partial charge < -0.3 is 41.6 Å². The van der Waals surface area contributed by atoms with E-state index in [1.807, 2.05) is 13.8 Å². The number of aryl methyl sites for hydroxylation is 1.